The molecule has 0 atom stereocenters. The fraction of sp³-hybridized carbons (Fsp3) is 0.611. The van der Waals surface area contributed by atoms with Crippen LogP contribution in [0.5, 0.6) is 0 Å². The highest BCUT2D eigenvalue weighted by atomic mass is 16.4. The molecule has 1 saturated carbocycles. The van der Waals surface area contributed by atoms with Gasteiger partial charge in [0.05, 0.1) is 12.4 Å². The van der Waals surface area contributed by atoms with Crippen molar-refractivity contribution in [2.45, 2.75) is 57.0 Å². The summed E-state index contributed by atoms with van der Waals surface area (Å²) in [6, 6.07) is 0.188. The standard InChI is InChI=1S/C18H25N5O4/c24-16(14-10-20-15(11-19-14)17(25)26)23-8-6-13(7-9-23)22-18(27)21-12-4-2-1-3-5-12/h10-13H,1-9H2,(H,25,26)(H2,21,22,27). The average molecular weight is 375 g/mol. The molecule has 3 amide bonds. The Balaban J connectivity index is 1.44. The van der Waals surface area contributed by atoms with Gasteiger partial charge in [0.1, 0.15) is 5.69 Å². The normalized spacial score (nSPS) is 18.7. The fourth-order valence-electron chi connectivity index (χ4n) is 3.60. The van der Waals surface area contributed by atoms with Crippen LogP contribution in [-0.2, 0) is 0 Å². The summed E-state index contributed by atoms with van der Waals surface area (Å²) in [4.78, 5) is 44.7. The van der Waals surface area contributed by atoms with Crippen LogP contribution in [0.3, 0.4) is 0 Å². The Bertz CT molecular complexity index is 679. The largest absolute Gasteiger partial charge is 0.476 e. The number of hydrogen-bond donors (Lipinski definition) is 3. The Morgan fingerprint density at radius 1 is 0.889 bits per heavy atom. The minimum Gasteiger partial charge on any atom is -0.476 e. The fourth-order valence-corrected chi connectivity index (χ4v) is 3.60. The second kappa shape index (κ2) is 8.79. The summed E-state index contributed by atoms with van der Waals surface area (Å²) in [5.41, 5.74) is -0.0695. The minimum atomic E-state index is -1.18. The lowest BCUT2D eigenvalue weighted by Gasteiger charge is -2.32. The number of amides is 3. The smallest absolute Gasteiger partial charge is 0.356 e. The van der Waals surface area contributed by atoms with E-state index in [0.29, 0.717) is 25.9 Å². The van der Waals surface area contributed by atoms with Crippen LogP contribution in [0.25, 0.3) is 0 Å². The van der Waals surface area contributed by atoms with Crippen molar-refractivity contribution in [1.82, 2.24) is 25.5 Å². The lowest BCUT2D eigenvalue weighted by Crippen LogP contribution is -2.51. The van der Waals surface area contributed by atoms with E-state index in [1.807, 2.05) is 0 Å². The summed E-state index contributed by atoms with van der Waals surface area (Å²) >= 11 is 0. The van der Waals surface area contributed by atoms with E-state index in [2.05, 4.69) is 20.6 Å². The van der Waals surface area contributed by atoms with Crippen LogP contribution >= 0.6 is 0 Å². The van der Waals surface area contributed by atoms with Gasteiger partial charge < -0.3 is 20.6 Å². The summed E-state index contributed by atoms with van der Waals surface area (Å²) in [5, 5.41) is 14.9. The van der Waals surface area contributed by atoms with E-state index in [9.17, 15) is 14.4 Å². The lowest BCUT2D eigenvalue weighted by atomic mass is 9.96. The molecule has 0 radical (unpaired) electrons. The van der Waals surface area contributed by atoms with Crippen molar-refractivity contribution in [3.8, 4) is 0 Å². The lowest BCUT2D eigenvalue weighted by molar-refractivity contribution is 0.0677. The van der Waals surface area contributed by atoms with Crippen LogP contribution < -0.4 is 10.6 Å². The molecule has 1 aliphatic carbocycles. The zero-order chi connectivity index (χ0) is 19.2. The number of carbonyl (C=O) groups is 3. The van der Waals surface area contributed by atoms with E-state index in [0.717, 1.165) is 19.0 Å². The predicted molar refractivity (Wildman–Crippen MR) is 96.5 cm³/mol. The molecule has 0 spiro atoms. The van der Waals surface area contributed by atoms with Gasteiger partial charge in [0.25, 0.3) is 5.91 Å². The van der Waals surface area contributed by atoms with Crippen LogP contribution in [0.2, 0.25) is 0 Å². The first-order valence-corrected chi connectivity index (χ1v) is 9.44. The van der Waals surface area contributed by atoms with Crippen molar-refractivity contribution in [2.75, 3.05) is 13.1 Å². The minimum absolute atomic E-state index is 0.0399. The molecule has 3 rings (SSSR count). The number of urea groups is 1. The van der Waals surface area contributed by atoms with Crippen LogP contribution in [-0.4, -0.2) is 63.1 Å². The monoisotopic (exact) mass is 375 g/mol. The van der Waals surface area contributed by atoms with Crippen molar-refractivity contribution in [2.24, 2.45) is 0 Å². The zero-order valence-electron chi connectivity index (χ0n) is 15.2. The van der Waals surface area contributed by atoms with Gasteiger partial charge in [0.2, 0.25) is 0 Å². The van der Waals surface area contributed by atoms with E-state index in [4.69, 9.17) is 5.11 Å². The second-order valence-electron chi connectivity index (χ2n) is 7.11. The molecule has 27 heavy (non-hydrogen) atoms. The number of carbonyl (C=O) groups excluding carboxylic acids is 2. The molecule has 1 aromatic rings. The number of carboxylic acids is 1. The molecule has 2 aliphatic rings. The van der Waals surface area contributed by atoms with Crippen molar-refractivity contribution in [1.29, 1.82) is 0 Å². The third-order valence-electron chi connectivity index (χ3n) is 5.15. The van der Waals surface area contributed by atoms with Crippen LogP contribution in [0.4, 0.5) is 4.79 Å². The molecular formula is C18H25N5O4. The number of carboxylic acid groups (broad SMARTS) is 1. The van der Waals surface area contributed by atoms with Gasteiger partial charge in [-0.2, -0.15) is 0 Å². The van der Waals surface area contributed by atoms with E-state index in [-0.39, 0.29) is 35.4 Å². The Morgan fingerprint density at radius 2 is 1.44 bits per heavy atom. The van der Waals surface area contributed by atoms with E-state index >= 15 is 0 Å². The number of aromatic nitrogens is 2. The van der Waals surface area contributed by atoms with Crippen molar-refractivity contribution >= 4 is 17.9 Å². The Kier molecular flexibility index (Phi) is 6.20. The maximum atomic E-state index is 12.4. The van der Waals surface area contributed by atoms with Gasteiger partial charge in [0, 0.05) is 25.2 Å². The highest BCUT2D eigenvalue weighted by Crippen LogP contribution is 2.17. The number of nitrogens with zero attached hydrogens (tertiary/aromatic N) is 3. The highest BCUT2D eigenvalue weighted by Gasteiger charge is 2.26. The number of rotatable bonds is 4. The molecule has 1 aromatic heterocycles. The molecule has 0 bridgehead atoms. The van der Waals surface area contributed by atoms with Crippen molar-refractivity contribution < 1.29 is 19.5 Å². The molecule has 2 fully saturated rings. The predicted octanol–water partition coefficient (Wildman–Crippen LogP) is 1.41. The SMILES string of the molecule is O=C(NC1CCCCC1)NC1CCN(C(=O)c2cnc(C(=O)O)cn2)CC1. The molecule has 3 N–H and O–H groups in total. The van der Waals surface area contributed by atoms with Gasteiger partial charge in [-0.1, -0.05) is 19.3 Å². The molecule has 1 saturated heterocycles. The molecule has 0 aromatic carbocycles. The first-order valence-electron chi connectivity index (χ1n) is 9.44. The van der Waals surface area contributed by atoms with Crippen molar-refractivity contribution in [3.05, 3.63) is 23.8 Å². The van der Waals surface area contributed by atoms with Crippen molar-refractivity contribution in [3.63, 3.8) is 0 Å². The maximum absolute atomic E-state index is 12.4. The molecular weight excluding hydrogens is 350 g/mol. The van der Waals surface area contributed by atoms with Gasteiger partial charge >= 0.3 is 12.0 Å². The summed E-state index contributed by atoms with van der Waals surface area (Å²) in [5.74, 6) is -1.45. The topological polar surface area (TPSA) is 125 Å². The van der Waals surface area contributed by atoms with Crippen LogP contribution in [0.1, 0.15) is 65.9 Å². The molecule has 9 heteroatoms. The Morgan fingerprint density at radius 3 is 2.00 bits per heavy atom. The van der Waals surface area contributed by atoms with Gasteiger partial charge in [-0.15, -0.1) is 0 Å². The molecule has 1 aliphatic heterocycles. The molecule has 2 heterocycles. The highest BCUT2D eigenvalue weighted by molar-refractivity contribution is 5.92. The quantitative estimate of drug-likeness (QED) is 0.731. The summed E-state index contributed by atoms with van der Waals surface area (Å²) in [6.45, 7) is 1.02. The van der Waals surface area contributed by atoms with Gasteiger partial charge in [-0.05, 0) is 25.7 Å². The van der Waals surface area contributed by atoms with E-state index in [1.54, 1.807) is 4.90 Å². The summed E-state index contributed by atoms with van der Waals surface area (Å²) in [6.07, 6.45) is 9.28. The van der Waals surface area contributed by atoms with E-state index in [1.165, 1.54) is 25.5 Å². The third kappa shape index (κ3) is 5.15. The number of aromatic carboxylic acids is 1. The number of hydrogen-bond acceptors (Lipinski definition) is 5. The summed E-state index contributed by atoms with van der Waals surface area (Å²) < 4.78 is 0. The van der Waals surface area contributed by atoms with Crippen LogP contribution in [0.15, 0.2) is 12.4 Å². The zero-order valence-corrected chi connectivity index (χ0v) is 15.2. The third-order valence-corrected chi connectivity index (χ3v) is 5.15. The Labute approximate surface area is 157 Å². The maximum Gasteiger partial charge on any atom is 0.356 e. The van der Waals surface area contributed by atoms with Gasteiger partial charge in [-0.25, -0.2) is 19.6 Å². The van der Waals surface area contributed by atoms with Gasteiger partial charge in [-0.3, -0.25) is 4.79 Å². The molecule has 146 valence electrons. The second-order valence-corrected chi connectivity index (χ2v) is 7.11. The number of likely N-dealkylation sites (tertiary alicyclic amines) is 1. The summed E-state index contributed by atoms with van der Waals surface area (Å²) in [7, 11) is 0. The molecule has 0 unspecified atom stereocenters. The van der Waals surface area contributed by atoms with E-state index < -0.39 is 5.97 Å². The first kappa shape index (κ1) is 19.1. The number of nitrogens with one attached hydrogen (secondary N) is 2. The number of piperidine rings is 1. The van der Waals surface area contributed by atoms with Gasteiger partial charge in [0.15, 0.2) is 5.69 Å². The first-order chi connectivity index (χ1) is 13.0. The van der Waals surface area contributed by atoms with Crippen LogP contribution in [0, 0.1) is 0 Å². The molecule has 9 nitrogen and oxygen atoms in total. The average Bonchev–Trinajstić information content (AvgIpc) is 2.69. The Hall–Kier alpha value is -2.71.